The molecule has 0 saturated carbocycles. The number of benzene rings is 1. The Labute approximate surface area is 105 Å². The van der Waals surface area contributed by atoms with Gasteiger partial charge in [0, 0.05) is 38.5 Å². The van der Waals surface area contributed by atoms with Crippen LogP contribution in [0, 0.1) is 13.0 Å². The van der Waals surface area contributed by atoms with E-state index in [1.165, 1.54) is 6.92 Å². The van der Waals surface area contributed by atoms with Crippen molar-refractivity contribution < 1.29 is 43.6 Å². The van der Waals surface area contributed by atoms with Gasteiger partial charge < -0.3 is 4.74 Å². The van der Waals surface area contributed by atoms with E-state index in [0.717, 1.165) is 5.56 Å². The van der Waals surface area contributed by atoms with Crippen molar-refractivity contribution in [2.45, 2.75) is 13.8 Å². The van der Waals surface area contributed by atoms with Gasteiger partial charge >= 0.3 is 0 Å². The quantitative estimate of drug-likeness (QED) is 0.596. The molecule has 0 spiro atoms. The molecule has 0 unspecified atom stereocenters. The maximum Gasteiger partial charge on any atom is 0.136 e. The largest absolute Gasteiger partial charge is 0.522 e. The summed E-state index contributed by atoms with van der Waals surface area (Å²) in [6, 6.07) is 6.17. The molecule has 13 heavy (non-hydrogen) atoms. The van der Waals surface area contributed by atoms with E-state index in [-0.39, 0.29) is 45.6 Å². The van der Waals surface area contributed by atoms with Crippen LogP contribution in [0.2, 0.25) is 0 Å². The van der Waals surface area contributed by atoms with Crippen LogP contribution in [0.4, 0.5) is 0 Å². The van der Waals surface area contributed by atoms with E-state index in [1.807, 2.05) is 0 Å². The number of ether oxygens (including phenoxy) is 1. The van der Waals surface area contributed by atoms with E-state index in [9.17, 15) is 4.79 Å². The molecular formula is C10H11O2Y-. The molecule has 0 aromatic heterocycles. The molecule has 1 rings (SSSR count). The number of hydrogen-bond acceptors (Lipinski definition) is 2. The number of Topliss-reactive ketones (excluding diaryl/α,β-unsaturated/α-hetero) is 1. The van der Waals surface area contributed by atoms with E-state index in [2.05, 4.69) is 6.07 Å². The van der Waals surface area contributed by atoms with Crippen LogP contribution in [0.3, 0.4) is 0 Å². The number of hydrogen-bond donors (Lipinski definition) is 0. The summed E-state index contributed by atoms with van der Waals surface area (Å²) in [4.78, 5) is 11.1. The monoisotopic (exact) mass is 254 g/mol. The molecule has 67 valence electrons. The summed E-state index contributed by atoms with van der Waals surface area (Å²) in [5.41, 5.74) is 1.38. The maximum atomic E-state index is 11.1. The Morgan fingerprint density at radius 1 is 1.69 bits per heavy atom. The average Bonchev–Trinajstić information content (AvgIpc) is 2.08. The van der Waals surface area contributed by atoms with E-state index < -0.39 is 0 Å². The Morgan fingerprint density at radius 2 is 2.38 bits per heavy atom. The van der Waals surface area contributed by atoms with Gasteiger partial charge in [0.15, 0.2) is 0 Å². The summed E-state index contributed by atoms with van der Waals surface area (Å²) in [7, 11) is -0.154. The van der Waals surface area contributed by atoms with Crippen molar-refractivity contribution in [2.24, 2.45) is 0 Å². The van der Waals surface area contributed by atoms with Crippen LogP contribution >= 0.6 is 0 Å². The van der Waals surface area contributed by atoms with Gasteiger partial charge in [0.25, 0.3) is 0 Å². The minimum absolute atomic E-state index is 0. The van der Waals surface area contributed by atoms with E-state index >= 15 is 0 Å². The summed E-state index contributed by atoms with van der Waals surface area (Å²) in [6.07, 6.45) is 0. The number of carbonyl (C=O) groups is 1. The zero-order valence-electron chi connectivity index (χ0n) is 8.76. The van der Waals surface area contributed by atoms with Crippen molar-refractivity contribution in [3.8, 4) is 5.75 Å². The third kappa shape index (κ3) is 2.89. The first-order valence-corrected chi connectivity index (χ1v) is 3.61. The molecule has 0 N–H and O–H groups in total. The fourth-order valence-electron chi connectivity index (χ4n) is 1.09. The second-order valence-corrected chi connectivity index (χ2v) is 2.55. The normalized spacial score (nSPS) is 9.85. The van der Waals surface area contributed by atoms with Crippen LogP contribution in [-0.4, -0.2) is 12.9 Å². The van der Waals surface area contributed by atoms with Gasteiger partial charge in [-0.25, -0.2) is 0 Å². The fraction of sp³-hybridized carbons (Fsp3) is 0.300. The van der Waals surface area contributed by atoms with Crippen LogP contribution in [-0.2, 0) is 32.7 Å². The number of methoxy groups -OCH3 is 1. The Balaban J connectivity index is 0.00000169. The predicted molar refractivity (Wildman–Crippen MR) is 46.6 cm³/mol. The van der Waals surface area contributed by atoms with Gasteiger partial charge in [-0.15, -0.1) is 11.6 Å². The molecule has 0 aliphatic rings. The Kier molecular flexibility index (Phi) is 4.61. The molecular weight excluding hydrogens is 241 g/mol. The zero-order chi connectivity index (χ0) is 9.84. The van der Waals surface area contributed by atoms with Gasteiger partial charge in [-0.2, -0.15) is 12.1 Å². The molecule has 0 aliphatic heterocycles. The molecule has 1 radical (unpaired) electrons. The average molecular weight is 254 g/mol. The molecule has 0 aliphatic carbocycles. The number of ketones is 1. The molecule has 0 heterocycles. The van der Waals surface area contributed by atoms with Crippen LogP contribution in [0.25, 0.3) is 0 Å². The molecule has 0 bridgehead atoms. The second kappa shape index (κ2) is 5.51. The predicted octanol–water partition coefficient (Wildman–Crippen LogP) is 2.00. The Morgan fingerprint density at radius 3 is 2.92 bits per heavy atom. The SMILES string of the molecule is [3H]COc1[c-]ccc(C(C)=O)c1C.[Y]. The van der Waals surface area contributed by atoms with Crippen LogP contribution in [0.15, 0.2) is 12.1 Å². The minimum Gasteiger partial charge on any atom is -0.522 e. The van der Waals surface area contributed by atoms with Crippen molar-refractivity contribution in [2.75, 3.05) is 7.09 Å². The van der Waals surface area contributed by atoms with Gasteiger partial charge in [0.1, 0.15) is 5.78 Å². The fourth-order valence-corrected chi connectivity index (χ4v) is 1.09. The first kappa shape index (κ1) is 10.9. The van der Waals surface area contributed by atoms with Gasteiger partial charge in [-0.1, -0.05) is 12.5 Å². The summed E-state index contributed by atoms with van der Waals surface area (Å²) in [5, 5.41) is 0. The molecule has 0 saturated heterocycles. The van der Waals surface area contributed by atoms with Crippen LogP contribution < -0.4 is 4.74 Å². The smallest absolute Gasteiger partial charge is 0.136 e. The first-order valence-electron chi connectivity index (χ1n) is 4.31. The molecule has 3 heteroatoms. The van der Waals surface area contributed by atoms with Crippen molar-refractivity contribution >= 4 is 5.78 Å². The Hall–Kier alpha value is -0.206. The van der Waals surface area contributed by atoms with Crippen molar-refractivity contribution in [3.63, 3.8) is 0 Å². The molecule has 1 aromatic rings. The van der Waals surface area contributed by atoms with E-state index in [0.29, 0.717) is 11.3 Å². The van der Waals surface area contributed by atoms with Crippen molar-refractivity contribution in [1.82, 2.24) is 0 Å². The van der Waals surface area contributed by atoms with Crippen LogP contribution in [0.5, 0.6) is 5.75 Å². The van der Waals surface area contributed by atoms with Crippen molar-refractivity contribution in [1.29, 1.82) is 0 Å². The number of rotatable bonds is 2. The Bertz CT molecular complexity index is 326. The summed E-state index contributed by atoms with van der Waals surface area (Å²) < 4.78 is 11.9. The van der Waals surface area contributed by atoms with Gasteiger partial charge in [-0.3, -0.25) is 4.79 Å². The zero-order valence-corrected chi connectivity index (χ0v) is 10.6. The summed E-state index contributed by atoms with van der Waals surface area (Å²) in [6.45, 7) is 3.30. The summed E-state index contributed by atoms with van der Waals surface area (Å²) in [5.74, 6) is 0.490. The third-order valence-electron chi connectivity index (χ3n) is 1.73. The molecule has 0 amide bonds. The van der Waals surface area contributed by atoms with Gasteiger partial charge in [-0.05, 0) is 6.92 Å². The van der Waals surface area contributed by atoms with E-state index in [4.69, 9.17) is 6.11 Å². The maximum absolute atomic E-state index is 11.1. The molecule has 1 aromatic carbocycles. The van der Waals surface area contributed by atoms with Gasteiger partial charge in [0.2, 0.25) is 0 Å². The van der Waals surface area contributed by atoms with E-state index in [1.54, 1.807) is 19.1 Å². The third-order valence-corrected chi connectivity index (χ3v) is 1.73. The topological polar surface area (TPSA) is 26.3 Å². The standard InChI is InChI=1S/C10H11O2.Y/c1-7-9(8(2)11)5-4-6-10(7)12-3;/h4-5H,1-3H3;/q-1;/i3T;. The van der Waals surface area contributed by atoms with Crippen LogP contribution in [0.1, 0.15) is 24.2 Å². The van der Waals surface area contributed by atoms with Gasteiger partial charge in [0.05, 0.1) is 8.46 Å². The molecule has 2 nitrogen and oxygen atoms in total. The van der Waals surface area contributed by atoms with Crippen molar-refractivity contribution in [3.05, 3.63) is 29.3 Å². The molecule has 0 fully saturated rings. The minimum atomic E-state index is -0.154. The first-order chi connectivity index (χ1) is 6.16. The second-order valence-electron chi connectivity index (χ2n) is 2.55. The summed E-state index contributed by atoms with van der Waals surface area (Å²) >= 11 is 0. The molecule has 0 atom stereocenters. The number of carbonyl (C=O) groups excluding carboxylic acids is 1.